The predicted molar refractivity (Wildman–Crippen MR) is 189 cm³/mol. The molecule has 6 aromatic rings. The monoisotopic (exact) mass is 634 g/mol. The fourth-order valence-corrected chi connectivity index (χ4v) is 7.30. The van der Waals surface area contributed by atoms with Crippen LogP contribution in [-0.2, 0) is 0 Å². The molecule has 0 saturated heterocycles. The average molecular weight is 635 g/mol. The molecular formula is C40H34N4O4. The molecule has 0 fully saturated rings. The second-order valence-electron chi connectivity index (χ2n) is 12.9. The van der Waals surface area contributed by atoms with Gasteiger partial charge in [0.1, 0.15) is 0 Å². The zero-order valence-electron chi connectivity index (χ0n) is 26.9. The molecule has 0 spiro atoms. The van der Waals surface area contributed by atoms with Crippen LogP contribution in [0.25, 0.3) is 43.1 Å². The number of fused-ring (bicyclic) bond motifs is 4. The smallest absolute Gasteiger partial charge is 0.262 e. The third-order valence-electron chi connectivity index (χ3n) is 9.92. The van der Waals surface area contributed by atoms with Crippen LogP contribution < -0.4 is 0 Å². The lowest BCUT2D eigenvalue weighted by Gasteiger charge is -2.31. The van der Waals surface area contributed by atoms with Crippen LogP contribution in [0.1, 0.15) is 41.4 Å². The molecule has 0 unspecified atom stereocenters. The predicted octanol–water partition coefficient (Wildman–Crippen LogP) is 6.06. The summed E-state index contributed by atoms with van der Waals surface area (Å²) in [5, 5.41) is 6.91. The Morgan fingerprint density at radius 3 is 1.29 bits per heavy atom. The third kappa shape index (κ3) is 4.75. The van der Waals surface area contributed by atoms with Crippen molar-refractivity contribution >= 4 is 66.7 Å². The van der Waals surface area contributed by atoms with E-state index in [4.69, 9.17) is 0 Å². The van der Waals surface area contributed by atoms with Crippen molar-refractivity contribution in [2.75, 3.05) is 53.4 Å². The summed E-state index contributed by atoms with van der Waals surface area (Å²) in [4.78, 5) is 61.7. The lowest BCUT2D eigenvalue weighted by Crippen LogP contribution is -2.46. The zero-order chi connectivity index (χ0) is 33.1. The van der Waals surface area contributed by atoms with Crippen molar-refractivity contribution in [2.45, 2.75) is 0 Å². The van der Waals surface area contributed by atoms with Crippen molar-refractivity contribution in [3.05, 3.63) is 119 Å². The first-order chi connectivity index (χ1) is 23.3. The molecule has 8 heteroatoms. The topological polar surface area (TPSA) is 81.2 Å². The van der Waals surface area contributed by atoms with E-state index in [0.717, 1.165) is 43.1 Å². The maximum absolute atomic E-state index is 13.8. The van der Waals surface area contributed by atoms with E-state index < -0.39 is 0 Å². The van der Waals surface area contributed by atoms with Gasteiger partial charge in [0, 0.05) is 61.2 Å². The second kappa shape index (κ2) is 11.7. The number of likely N-dealkylation sites (N-methyl/N-ethyl adjacent to an activating group) is 2. The van der Waals surface area contributed by atoms with Gasteiger partial charge in [0.2, 0.25) is 0 Å². The van der Waals surface area contributed by atoms with E-state index in [1.54, 1.807) is 12.1 Å². The van der Waals surface area contributed by atoms with E-state index in [0.29, 0.717) is 48.4 Å². The van der Waals surface area contributed by atoms with E-state index >= 15 is 0 Å². The molecule has 0 aliphatic carbocycles. The van der Waals surface area contributed by atoms with Gasteiger partial charge >= 0.3 is 0 Å². The zero-order valence-corrected chi connectivity index (χ0v) is 26.9. The molecule has 0 aromatic heterocycles. The average Bonchev–Trinajstić information content (AvgIpc) is 3.10. The van der Waals surface area contributed by atoms with Gasteiger partial charge in [-0.3, -0.25) is 29.0 Å². The van der Waals surface area contributed by atoms with Crippen LogP contribution in [0.2, 0.25) is 0 Å². The number of carbonyl (C=O) groups is 4. The normalized spacial score (nSPS) is 14.6. The van der Waals surface area contributed by atoms with Gasteiger partial charge in [-0.05, 0) is 70.7 Å². The summed E-state index contributed by atoms with van der Waals surface area (Å²) in [6.07, 6.45) is 0. The lowest BCUT2D eigenvalue weighted by atomic mass is 9.89. The largest absolute Gasteiger partial charge is 0.303 e. The minimum absolute atomic E-state index is 0.257. The highest BCUT2D eigenvalue weighted by Crippen LogP contribution is 2.37. The van der Waals surface area contributed by atoms with E-state index in [1.165, 1.54) is 9.80 Å². The van der Waals surface area contributed by atoms with Gasteiger partial charge in [-0.1, -0.05) is 72.8 Å². The number of rotatable bonds is 9. The maximum atomic E-state index is 13.8. The van der Waals surface area contributed by atoms with Gasteiger partial charge in [0.15, 0.2) is 0 Å². The third-order valence-corrected chi connectivity index (χ3v) is 9.92. The van der Waals surface area contributed by atoms with Crippen LogP contribution in [0.5, 0.6) is 0 Å². The number of imide groups is 2. The van der Waals surface area contributed by atoms with Crippen LogP contribution in [-0.4, -0.2) is 96.6 Å². The summed E-state index contributed by atoms with van der Waals surface area (Å²) in [5.41, 5.74) is 2.30. The van der Waals surface area contributed by atoms with E-state index in [2.05, 4.69) is 9.80 Å². The highest BCUT2D eigenvalue weighted by atomic mass is 16.2. The molecule has 0 radical (unpaired) electrons. The molecule has 8 nitrogen and oxygen atoms in total. The Balaban J connectivity index is 0.918. The SMILES string of the molecule is CN(CCN(C)CCN1C(=O)c2cccc3cc4ccccc4c(c23)C1=O)CCN1C(=O)c2cccc3cc4ccccc4c(c23)C1=O. The van der Waals surface area contributed by atoms with Crippen molar-refractivity contribution < 1.29 is 19.2 Å². The number of benzene rings is 6. The number of hydrogen-bond donors (Lipinski definition) is 0. The van der Waals surface area contributed by atoms with Gasteiger partial charge in [0.05, 0.1) is 11.1 Å². The molecule has 0 N–H and O–H groups in total. The molecule has 2 aliphatic rings. The summed E-state index contributed by atoms with van der Waals surface area (Å²) in [6.45, 7) is 2.92. The van der Waals surface area contributed by atoms with Gasteiger partial charge in [0.25, 0.3) is 23.6 Å². The molecule has 238 valence electrons. The molecule has 2 heterocycles. The molecule has 48 heavy (non-hydrogen) atoms. The Morgan fingerprint density at radius 1 is 0.458 bits per heavy atom. The van der Waals surface area contributed by atoms with Crippen molar-refractivity contribution in [1.82, 2.24) is 19.6 Å². The number of carbonyl (C=O) groups excluding carboxylic acids is 4. The molecule has 4 amide bonds. The Morgan fingerprint density at radius 2 is 0.854 bits per heavy atom. The summed E-state index contributed by atoms with van der Waals surface area (Å²) in [7, 11) is 3.94. The summed E-state index contributed by atoms with van der Waals surface area (Å²) < 4.78 is 0. The van der Waals surface area contributed by atoms with Crippen molar-refractivity contribution in [3.63, 3.8) is 0 Å². The van der Waals surface area contributed by atoms with Crippen LogP contribution in [0.15, 0.2) is 97.1 Å². The van der Waals surface area contributed by atoms with Crippen LogP contribution in [0.4, 0.5) is 0 Å². The van der Waals surface area contributed by atoms with Crippen molar-refractivity contribution in [2.24, 2.45) is 0 Å². The Hall–Kier alpha value is -5.44. The molecule has 6 aromatic carbocycles. The summed E-state index contributed by atoms with van der Waals surface area (Å²) >= 11 is 0. The van der Waals surface area contributed by atoms with Gasteiger partial charge in [-0.2, -0.15) is 0 Å². The number of amides is 4. The number of nitrogens with zero attached hydrogens (tertiary/aromatic N) is 4. The minimum Gasteiger partial charge on any atom is -0.303 e. The summed E-state index contributed by atoms with van der Waals surface area (Å²) in [6, 6.07) is 31.0. The number of hydrogen-bond acceptors (Lipinski definition) is 6. The first-order valence-corrected chi connectivity index (χ1v) is 16.3. The van der Waals surface area contributed by atoms with E-state index in [1.807, 2.05) is 99.0 Å². The highest BCUT2D eigenvalue weighted by Gasteiger charge is 2.35. The van der Waals surface area contributed by atoms with Gasteiger partial charge in [-0.25, -0.2) is 0 Å². The fraction of sp³-hybridized carbons (Fsp3) is 0.200. The van der Waals surface area contributed by atoms with E-state index in [-0.39, 0.29) is 36.7 Å². The maximum Gasteiger partial charge on any atom is 0.262 e. The first-order valence-electron chi connectivity index (χ1n) is 16.3. The van der Waals surface area contributed by atoms with Gasteiger partial charge in [-0.15, -0.1) is 0 Å². The fourth-order valence-electron chi connectivity index (χ4n) is 7.30. The van der Waals surface area contributed by atoms with Crippen molar-refractivity contribution in [3.8, 4) is 0 Å². The Kier molecular flexibility index (Phi) is 7.27. The minimum atomic E-state index is -0.264. The van der Waals surface area contributed by atoms with Crippen LogP contribution >= 0.6 is 0 Å². The molecule has 0 bridgehead atoms. The molecule has 0 saturated carbocycles. The first kappa shape index (κ1) is 29.9. The lowest BCUT2D eigenvalue weighted by molar-refractivity contribution is 0.0574. The van der Waals surface area contributed by atoms with Crippen LogP contribution in [0.3, 0.4) is 0 Å². The Labute approximate surface area is 277 Å². The van der Waals surface area contributed by atoms with Crippen molar-refractivity contribution in [1.29, 1.82) is 0 Å². The van der Waals surface area contributed by atoms with Gasteiger partial charge < -0.3 is 9.80 Å². The molecule has 0 atom stereocenters. The van der Waals surface area contributed by atoms with Crippen LogP contribution in [0, 0.1) is 0 Å². The molecule has 2 aliphatic heterocycles. The highest BCUT2D eigenvalue weighted by molar-refractivity contribution is 6.31. The molecule has 8 rings (SSSR count). The Bertz CT molecular complexity index is 2180. The quantitative estimate of drug-likeness (QED) is 0.142. The summed E-state index contributed by atoms with van der Waals surface area (Å²) in [5.74, 6) is -1.04. The van der Waals surface area contributed by atoms with E-state index in [9.17, 15) is 19.2 Å². The molecular weight excluding hydrogens is 600 g/mol. The second-order valence-corrected chi connectivity index (χ2v) is 12.9. The standard InChI is InChI=1S/C40H34N4O4/c1-41(19-21-43-37(45)31-15-7-11-27-23-25-9-3-5-13-29(25)35(33(27)31)39(43)47)17-18-42(2)20-22-44-38(46)32-16-8-12-28-24-26-10-4-6-14-30(26)36(34(28)32)40(44)48/h3-16,23-24H,17-22H2,1-2H3.